The highest BCUT2D eigenvalue weighted by Gasteiger charge is 2.13. The maximum atomic E-state index is 5.93. The number of hydrogen-bond acceptors (Lipinski definition) is 2. The van der Waals surface area contributed by atoms with Crippen LogP contribution in [-0.4, -0.2) is 19.7 Å². The van der Waals surface area contributed by atoms with E-state index in [2.05, 4.69) is 57.6 Å². The Hall–Kier alpha value is -1.06. The Morgan fingerprint density at radius 2 is 2.00 bits per heavy atom. The Morgan fingerprint density at radius 1 is 1.16 bits per heavy atom. The highest BCUT2D eigenvalue weighted by Crippen LogP contribution is 2.24. The Morgan fingerprint density at radius 3 is 2.84 bits per heavy atom. The van der Waals surface area contributed by atoms with E-state index in [1.807, 2.05) is 0 Å². The summed E-state index contributed by atoms with van der Waals surface area (Å²) in [5, 5.41) is 5.88. The lowest BCUT2D eigenvalue weighted by Gasteiger charge is -2.22. The first-order valence-corrected chi connectivity index (χ1v) is 7.63. The Kier molecular flexibility index (Phi) is 4.04. The van der Waals surface area contributed by atoms with E-state index in [4.69, 9.17) is 4.74 Å². The summed E-state index contributed by atoms with van der Waals surface area (Å²) in [7, 11) is 0. The lowest BCUT2D eigenvalue weighted by Crippen LogP contribution is -2.33. The van der Waals surface area contributed by atoms with E-state index in [0.717, 1.165) is 29.9 Å². The van der Waals surface area contributed by atoms with Crippen LogP contribution in [0.3, 0.4) is 0 Å². The maximum absolute atomic E-state index is 5.93. The highest BCUT2D eigenvalue weighted by molar-refractivity contribution is 9.10. The third-order valence-electron chi connectivity index (χ3n) is 3.66. The molecule has 1 saturated heterocycles. The van der Waals surface area contributed by atoms with Gasteiger partial charge in [0.15, 0.2) is 0 Å². The van der Waals surface area contributed by atoms with Gasteiger partial charge in [0.05, 0.1) is 6.61 Å². The van der Waals surface area contributed by atoms with Crippen LogP contribution in [0.2, 0.25) is 0 Å². The van der Waals surface area contributed by atoms with Gasteiger partial charge < -0.3 is 10.1 Å². The lowest BCUT2D eigenvalue weighted by atomic mass is 10.0. The molecule has 1 aliphatic heterocycles. The molecule has 1 aliphatic rings. The minimum absolute atomic E-state index is 0.648. The van der Waals surface area contributed by atoms with Gasteiger partial charge in [-0.05, 0) is 54.4 Å². The molecule has 0 amide bonds. The number of nitrogens with one attached hydrogen (secondary N) is 1. The standard InChI is InChI=1S/C16H18BrNO/c17-15-5-3-14-9-16(6-4-13(14)8-15)19-11-12-2-1-7-18-10-12/h3-6,8-9,12,18H,1-2,7,10-11H2/t12-/m1/s1. The molecule has 1 heterocycles. The summed E-state index contributed by atoms with van der Waals surface area (Å²) in [5.41, 5.74) is 0. The highest BCUT2D eigenvalue weighted by atomic mass is 79.9. The van der Waals surface area contributed by atoms with Crippen molar-refractivity contribution in [1.29, 1.82) is 0 Å². The number of benzene rings is 2. The quantitative estimate of drug-likeness (QED) is 0.923. The third-order valence-corrected chi connectivity index (χ3v) is 4.15. The number of rotatable bonds is 3. The molecule has 2 aromatic carbocycles. The molecule has 0 spiro atoms. The van der Waals surface area contributed by atoms with E-state index in [9.17, 15) is 0 Å². The fourth-order valence-electron chi connectivity index (χ4n) is 2.56. The van der Waals surface area contributed by atoms with E-state index in [1.54, 1.807) is 0 Å². The number of piperidine rings is 1. The normalized spacial score (nSPS) is 19.5. The molecule has 1 N–H and O–H groups in total. The molecule has 0 aromatic heterocycles. The van der Waals surface area contributed by atoms with Crippen molar-refractivity contribution in [2.75, 3.05) is 19.7 Å². The molecular weight excluding hydrogens is 302 g/mol. The Bertz CT molecular complexity index is 564. The maximum Gasteiger partial charge on any atom is 0.119 e. The summed E-state index contributed by atoms with van der Waals surface area (Å²) in [4.78, 5) is 0. The van der Waals surface area contributed by atoms with Gasteiger partial charge in [0.1, 0.15) is 5.75 Å². The van der Waals surface area contributed by atoms with E-state index in [-0.39, 0.29) is 0 Å². The lowest BCUT2D eigenvalue weighted by molar-refractivity contribution is 0.218. The molecule has 0 saturated carbocycles. The van der Waals surface area contributed by atoms with Crippen molar-refractivity contribution in [2.24, 2.45) is 5.92 Å². The zero-order valence-electron chi connectivity index (χ0n) is 10.9. The third kappa shape index (κ3) is 3.28. The summed E-state index contributed by atoms with van der Waals surface area (Å²) in [6.45, 7) is 3.05. The summed E-state index contributed by atoms with van der Waals surface area (Å²) in [6, 6.07) is 12.6. The van der Waals surface area contributed by atoms with Gasteiger partial charge in [-0.1, -0.05) is 28.1 Å². The molecule has 2 aromatic rings. The molecule has 19 heavy (non-hydrogen) atoms. The predicted octanol–water partition coefficient (Wildman–Crippen LogP) is 3.98. The smallest absolute Gasteiger partial charge is 0.119 e. The first-order chi connectivity index (χ1) is 9.31. The fraction of sp³-hybridized carbons (Fsp3) is 0.375. The molecule has 0 radical (unpaired) electrons. The van der Waals surface area contributed by atoms with Crippen molar-refractivity contribution in [3.8, 4) is 5.75 Å². The van der Waals surface area contributed by atoms with Gasteiger partial charge in [0, 0.05) is 16.9 Å². The first-order valence-electron chi connectivity index (χ1n) is 6.84. The first kappa shape index (κ1) is 12.9. The van der Waals surface area contributed by atoms with E-state index >= 15 is 0 Å². The average molecular weight is 320 g/mol. The Labute approximate surface area is 122 Å². The second-order valence-corrected chi connectivity index (χ2v) is 6.09. The monoisotopic (exact) mass is 319 g/mol. The van der Waals surface area contributed by atoms with Gasteiger partial charge in [0.2, 0.25) is 0 Å². The van der Waals surface area contributed by atoms with Crippen LogP contribution in [0.4, 0.5) is 0 Å². The van der Waals surface area contributed by atoms with Crippen LogP contribution in [0.5, 0.6) is 5.75 Å². The molecule has 100 valence electrons. The molecular formula is C16H18BrNO. The van der Waals surface area contributed by atoms with E-state index in [0.29, 0.717) is 5.92 Å². The van der Waals surface area contributed by atoms with Gasteiger partial charge >= 0.3 is 0 Å². The fourth-order valence-corrected chi connectivity index (χ4v) is 2.94. The molecule has 1 fully saturated rings. The summed E-state index contributed by atoms with van der Waals surface area (Å²) < 4.78 is 7.05. The summed E-state index contributed by atoms with van der Waals surface area (Å²) in [6.07, 6.45) is 2.54. The molecule has 2 nitrogen and oxygen atoms in total. The molecule has 3 heteroatoms. The van der Waals surface area contributed by atoms with E-state index in [1.165, 1.54) is 23.6 Å². The van der Waals surface area contributed by atoms with Gasteiger partial charge in [0.25, 0.3) is 0 Å². The van der Waals surface area contributed by atoms with Crippen molar-refractivity contribution in [2.45, 2.75) is 12.8 Å². The molecule has 0 unspecified atom stereocenters. The zero-order valence-corrected chi connectivity index (χ0v) is 12.4. The van der Waals surface area contributed by atoms with Gasteiger partial charge in [-0.3, -0.25) is 0 Å². The molecule has 0 aliphatic carbocycles. The van der Waals surface area contributed by atoms with Crippen LogP contribution in [0.25, 0.3) is 10.8 Å². The van der Waals surface area contributed by atoms with Crippen LogP contribution in [0, 0.1) is 5.92 Å². The van der Waals surface area contributed by atoms with Crippen LogP contribution in [-0.2, 0) is 0 Å². The second kappa shape index (κ2) is 5.93. The largest absolute Gasteiger partial charge is 0.493 e. The topological polar surface area (TPSA) is 21.3 Å². The van der Waals surface area contributed by atoms with Crippen molar-refractivity contribution in [3.05, 3.63) is 40.9 Å². The minimum atomic E-state index is 0.648. The van der Waals surface area contributed by atoms with Crippen LogP contribution in [0.1, 0.15) is 12.8 Å². The van der Waals surface area contributed by atoms with Crippen molar-refractivity contribution < 1.29 is 4.74 Å². The van der Waals surface area contributed by atoms with E-state index < -0.39 is 0 Å². The zero-order chi connectivity index (χ0) is 13.1. The number of fused-ring (bicyclic) bond motifs is 1. The van der Waals surface area contributed by atoms with Crippen LogP contribution >= 0.6 is 15.9 Å². The number of ether oxygens (including phenoxy) is 1. The van der Waals surface area contributed by atoms with Gasteiger partial charge in [-0.15, -0.1) is 0 Å². The van der Waals surface area contributed by atoms with Gasteiger partial charge in [-0.2, -0.15) is 0 Å². The van der Waals surface area contributed by atoms with Crippen molar-refractivity contribution in [3.63, 3.8) is 0 Å². The summed E-state index contributed by atoms with van der Waals surface area (Å²) >= 11 is 3.50. The molecule has 1 atom stereocenters. The van der Waals surface area contributed by atoms with Gasteiger partial charge in [-0.25, -0.2) is 0 Å². The van der Waals surface area contributed by atoms with Crippen LogP contribution in [0.15, 0.2) is 40.9 Å². The molecule has 0 bridgehead atoms. The summed E-state index contributed by atoms with van der Waals surface area (Å²) in [5.74, 6) is 1.62. The second-order valence-electron chi connectivity index (χ2n) is 5.18. The van der Waals surface area contributed by atoms with Crippen molar-refractivity contribution in [1.82, 2.24) is 5.32 Å². The van der Waals surface area contributed by atoms with Crippen molar-refractivity contribution >= 4 is 26.7 Å². The SMILES string of the molecule is Brc1ccc2cc(OC[C@@H]3CCCNC3)ccc2c1. The Balaban J connectivity index is 1.69. The van der Waals surface area contributed by atoms with Crippen LogP contribution < -0.4 is 10.1 Å². The minimum Gasteiger partial charge on any atom is -0.493 e. The molecule has 3 rings (SSSR count). The average Bonchev–Trinajstić information content (AvgIpc) is 2.46. The number of halogens is 1. The predicted molar refractivity (Wildman–Crippen MR) is 82.7 cm³/mol. The number of hydrogen-bond donors (Lipinski definition) is 1.